The lowest BCUT2D eigenvalue weighted by Gasteiger charge is -2.34. The van der Waals surface area contributed by atoms with E-state index < -0.39 is 0 Å². The Hall–Kier alpha value is -0.890. The van der Waals surface area contributed by atoms with Gasteiger partial charge in [-0.1, -0.05) is 39.2 Å². The van der Waals surface area contributed by atoms with Gasteiger partial charge in [0.2, 0.25) is 0 Å². The fraction of sp³-hybridized carbons (Fsp3) is 0.706. The first-order valence-electron chi connectivity index (χ1n) is 7.96. The van der Waals surface area contributed by atoms with Crippen molar-refractivity contribution in [3.8, 4) is 0 Å². The van der Waals surface area contributed by atoms with Crippen LogP contribution in [0, 0.1) is 11.8 Å². The Balaban J connectivity index is 1.98. The molecule has 0 spiro atoms. The zero-order valence-electron chi connectivity index (χ0n) is 12.4. The normalized spacial score (nSPS) is 25.2. The van der Waals surface area contributed by atoms with Gasteiger partial charge in [0, 0.05) is 24.4 Å². The van der Waals surface area contributed by atoms with Crippen molar-refractivity contribution >= 4 is 0 Å². The number of pyridine rings is 1. The lowest BCUT2D eigenvalue weighted by atomic mass is 9.76. The van der Waals surface area contributed by atoms with E-state index in [4.69, 9.17) is 0 Å². The molecule has 3 atom stereocenters. The van der Waals surface area contributed by atoms with Crippen LogP contribution in [0.2, 0.25) is 0 Å². The van der Waals surface area contributed by atoms with Gasteiger partial charge in [-0.05, 0) is 43.4 Å². The number of likely N-dealkylation sites (N-methyl/N-ethyl adjacent to an activating group) is 1. The zero-order valence-corrected chi connectivity index (χ0v) is 12.4. The summed E-state index contributed by atoms with van der Waals surface area (Å²) < 4.78 is 0. The van der Waals surface area contributed by atoms with Gasteiger partial charge in [0.1, 0.15) is 0 Å². The number of nitrogens with one attached hydrogen (secondary N) is 1. The molecule has 0 saturated heterocycles. The number of rotatable bonds is 6. The summed E-state index contributed by atoms with van der Waals surface area (Å²) in [6.45, 7) is 5.62. The lowest BCUT2D eigenvalue weighted by molar-refractivity contribution is 0.208. The van der Waals surface area contributed by atoms with Crippen LogP contribution in [0.25, 0.3) is 0 Å². The van der Waals surface area contributed by atoms with Crippen molar-refractivity contribution in [2.75, 3.05) is 6.54 Å². The van der Waals surface area contributed by atoms with Gasteiger partial charge in [-0.2, -0.15) is 0 Å². The van der Waals surface area contributed by atoms with E-state index >= 15 is 0 Å². The fourth-order valence-electron chi connectivity index (χ4n) is 3.48. The Bertz CT molecular complexity index is 350. The van der Waals surface area contributed by atoms with E-state index in [0.29, 0.717) is 6.04 Å². The maximum atomic E-state index is 4.49. The summed E-state index contributed by atoms with van der Waals surface area (Å²) in [6, 6.07) is 6.86. The van der Waals surface area contributed by atoms with Gasteiger partial charge >= 0.3 is 0 Å². The topological polar surface area (TPSA) is 24.9 Å². The largest absolute Gasteiger partial charge is 0.314 e. The van der Waals surface area contributed by atoms with Crippen LogP contribution in [0.15, 0.2) is 24.4 Å². The Labute approximate surface area is 118 Å². The maximum Gasteiger partial charge on any atom is 0.0419 e. The molecular weight excluding hydrogens is 232 g/mol. The van der Waals surface area contributed by atoms with E-state index in [1.807, 2.05) is 12.3 Å². The minimum atomic E-state index is 0.606. The molecule has 0 bridgehead atoms. The minimum Gasteiger partial charge on any atom is -0.314 e. The molecule has 106 valence electrons. The predicted molar refractivity (Wildman–Crippen MR) is 81.1 cm³/mol. The van der Waals surface area contributed by atoms with Crippen molar-refractivity contribution in [3.05, 3.63) is 30.1 Å². The molecule has 1 heterocycles. The molecule has 1 aromatic heterocycles. The third kappa shape index (κ3) is 4.31. The first kappa shape index (κ1) is 14.5. The van der Waals surface area contributed by atoms with E-state index in [1.54, 1.807) is 0 Å². The van der Waals surface area contributed by atoms with E-state index in [-0.39, 0.29) is 0 Å². The molecule has 2 heteroatoms. The summed E-state index contributed by atoms with van der Waals surface area (Å²) in [4.78, 5) is 4.49. The van der Waals surface area contributed by atoms with Gasteiger partial charge in [0.25, 0.3) is 0 Å². The van der Waals surface area contributed by atoms with Crippen molar-refractivity contribution in [2.24, 2.45) is 11.8 Å². The molecule has 0 aromatic carbocycles. The minimum absolute atomic E-state index is 0.606. The van der Waals surface area contributed by atoms with Crippen LogP contribution in [0.3, 0.4) is 0 Å². The van der Waals surface area contributed by atoms with Crippen molar-refractivity contribution in [1.82, 2.24) is 10.3 Å². The van der Waals surface area contributed by atoms with Gasteiger partial charge in [-0.15, -0.1) is 0 Å². The van der Waals surface area contributed by atoms with Crippen LogP contribution in [-0.2, 0) is 6.42 Å². The lowest BCUT2D eigenvalue weighted by Crippen LogP contribution is -2.40. The first-order valence-corrected chi connectivity index (χ1v) is 7.96. The summed E-state index contributed by atoms with van der Waals surface area (Å²) >= 11 is 0. The third-order valence-electron chi connectivity index (χ3n) is 4.59. The van der Waals surface area contributed by atoms with Crippen LogP contribution in [0.4, 0.5) is 0 Å². The predicted octanol–water partition coefficient (Wildman–Crippen LogP) is 3.82. The molecule has 19 heavy (non-hydrogen) atoms. The molecule has 0 amide bonds. The van der Waals surface area contributed by atoms with Crippen molar-refractivity contribution in [1.29, 1.82) is 0 Å². The van der Waals surface area contributed by atoms with E-state index in [2.05, 4.69) is 36.3 Å². The average Bonchev–Trinajstić information content (AvgIpc) is 2.48. The molecule has 1 fully saturated rings. The second-order valence-corrected chi connectivity index (χ2v) is 5.89. The number of aromatic nitrogens is 1. The summed E-state index contributed by atoms with van der Waals surface area (Å²) in [5, 5.41) is 3.71. The fourth-order valence-corrected chi connectivity index (χ4v) is 3.48. The highest BCUT2D eigenvalue weighted by atomic mass is 14.9. The SMILES string of the molecule is CCNC(Cc1ccccn1)C1CCCC(CC)C1. The van der Waals surface area contributed by atoms with Gasteiger partial charge in [0.15, 0.2) is 0 Å². The molecule has 1 aliphatic rings. The summed E-state index contributed by atoms with van der Waals surface area (Å²) in [5.74, 6) is 1.78. The molecule has 1 aliphatic carbocycles. The van der Waals surface area contributed by atoms with Gasteiger partial charge in [0.05, 0.1) is 0 Å². The molecular formula is C17H28N2. The standard InChI is InChI=1S/C17H28N2/c1-3-14-8-7-9-15(12-14)17(18-4-2)13-16-10-5-6-11-19-16/h5-6,10-11,14-15,17-18H,3-4,7-9,12-13H2,1-2H3. The Kier molecular flexibility index (Phi) is 5.84. The summed E-state index contributed by atoms with van der Waals surface area (Å²) in [5.41, 5.74) is 1.23. The van der Waals surface area contributed by atoms with Crippen LogP contribution in [-0.4, -0.2) is 17.6 Å². The number of nitrogens with zero attached hydrogens (tertiary/aromatic N) is 1. The Morgan fingerprint density at radius 1 is 1.32 bits per heavy atom. The highest BCUT2D eigenvalue weighted by Gasteiger charge is 2.27. The molecule has 0 aliphatic heterocycles. The van der Waals surface area contributed by atoms with Crippen molar-refractivity contribution in [2.45, 2.75) is 58.4 Å². The highest BCUT2D eigenvalue weighted by molar-refractivity contribution is 5.06. The molecule has 2 nitrogen and oxygen atoms in total. The second-order valence-electron chi connectivity index (χ2n) is 5.89. The van der Waals surface area contributed by atoms with Crippen LogP contribution in [0.1, 0.15) is 51.6 Å². The average molecular weight is 260 g/mol. The van der Waals surface area contributed by atoms with Crippen LogP contribution >= 0.6 is 0 Å². The van der Waals surface area contributed by atoms with Crippen molar-refractivity contribution < 1.29 is 0 Å². The van der Waals surface area contributed by atoms with E-state index in [9.17, 15) is 0 Å². The summed E-state index contributed by atoms with van der Waals surface area (Å²) in [6.07, 6.45) is 9.98. The van der Waals surface area contributed by atoms with Gasteiger partial charge < -0.3 is 5.32 Å². The smallest absolute Gasteiger partial charge is 0.0419 e. The molecule has 3 unspecified atom stereocenters. The number of hydrogen-bond acceptors (Lipinski definition) is 2. The zero-order chi connectivity index (χ0) is 13.5. The van der Waals surface area contributed by atoms with E-state index in [1.165, 1.54) is 37.8 Å². The molecule has 0 radical (unpaired) electrons. The van der Waals surface area contributed by atoms with E-state index in [0.717, 1.165) is 24.8 Å². The highest BCUT2D eigenvalue weighted by Crippen LogP contribution is 2.33. The van der Waals surface area contributed by atoms with Gasteiger partial charge in [-0.25, -0.2) is 0 Å². The Morgan fingerprint density at radius 3 is 2.89 bits per heavy atom. The summed E-state index contributed by atoms with van der Waals surface area (Å²) in [7, 11) is 0. The maximum absolute atomic E-state index is 4.49. The van der Waals surface area contributed by atoms with Gasteiger partial charge in [-0.3, -0.25) is 4.98 Å². The van der Waals surface area contributed by atoms with Crippen molar-refractivity contribution in [3.63, 3.8) is 0 Å². The monoisotopic (exact) mass is 260 g/mol. The van der Waals surface area contributed by atoms with Crippen LogP contribution in [0.5, 0.6) is 0 Å². The molecule has 1 aromatic rings. The molecule has 1 saturated carbocycles. The molecule has 2 rings (SSSR count). The molecule has 1 N–H and O–H groups in total. The quantitative estimate of drug-likeness (QED) is 0.841. The Morgan fingerprint density at radius 2 is 2.21 bits per heavy atom. The second kappa shape index (κ2) is 7.64. The van der Waals surface area contributed by atoms with Crippen LogP contribution < -0.4 is 5.32 Å². The number of hydrogen-bond donors (Lipinski definition) is 1. The third-order valence-corrected chi connectivity index (χ3v) is 4.59. The first-order chi connectivity index (χ1) is 9.33.